The van der Waals surface area contributed by atoms with E-state index in [9.17, 15) is 14.4 Å². The van der Waals surface area contributed by atoms with E-state index in [1.54, 1.807) is 17.5 Å². The molecule has 1 aromatic heterocycles. The highest BCUT2D eigenvalue weighted by molar-refractivity contribution is 7.13. The molecule has 23 heavy (non-hydrogen) atoms. The van der Waals surface area contributed by atoms with E-state index in [0.29, 0.717) is 11.3 Å². The number of fused-ring (bicyclic) bond motifs is 1. The van der Waals surface area contributed by atoms with Crippen LogP contribution in [0.1, 0.15) is 20.8 Å². The number of thiophene rings is 1. The average molecular weight is 329 g/mol. The van der Waals surface area contributed by atoms with Gasteiger partial charge in [-0.3, -0.25) is 9.59 Å². The van der Waals surface area contributed by atoms with E-state index in [1.165, 1.54) is 23.3 Å². The molecule has 0 aliphatic carbocycles. The van der Waals surface area contributed by atoms with Crippen molar-refractivity contribution in [1.82, 2.24) is 4.90 Å². The molecule has 0 radical (unpaired) electrons. The van der Waals surface area contributed by atoms with E-state index < -0.39 is 23.7 Å². The van der Waals surface area contributed by atoms with Crippen molar-refractivity contribution in [2.75, 3.05) is 7.11 Å². The second kappa shape index (κ2) is 6.34. The summed E-state index contributed by atoms with van der Waals surface area (Å²) in [7, 11) is 1.28. The lowest BCUT2D eigenvalue weighted by atomic mass is 9.93. The van der Waals surface area contributed by atoms with Gasteiger partial charge in [0.05, 0.1) is 12.0 Å². The molecule has 6 heteroatoms. The number of rotatable bonds is 3. The van der Waals surface area contributed by atoms with Gasteiger partial charge >= 0.3 is 5.97 Å². The van der Waals surface area contributed by atoms with Crippen LogP contribution in [0.4, 0.5) is 0 Å². The van der Waals surface area contributed by atoms with Crippen LogP contribution in [0.25, 0.3) is 0 Å². The van der Waals surface area contributed by atoms with Crippen molar-refractivity contribution < 1.29 is 19.1 Å². The number of ketones is 1. The smallest absolute Gasteiger partial charge is 0.328 e. The Morgan fingerprint density at radius 3 is 2.52 bits per heavy atom. The zero-order valence-corrected chi connectivity index (χ0v) is 13.3. The minimum Gasteiger partial charge on any atom is -0.467 e. The third-order valence-electron chi connectivity index (χ3n) is 3.92. The minimum absolute atomic E-state index is 0.228. The van der Waals surface area contributed by atoms with Crippen LogP contribution in [0, 0.1) is 0 Å². The largest absolute Gasteiger partial charge is 0.467 e. The maximum atomic E-state index is 12.6. The van der Waals surface area contributed by atoms with Crippen LogP contribution in [-0.4, -0.2) is 35.7 Å². The van der Waals surface area contributed by atoms with Crippen LogP contribution in [0.3, 0.4) is 0 Å². The van der Waals surface area contributed by atoms with Crippen molar-refractivity contribution in [3.05, 3.63) is 57.8 Å². The summed E-state index contributed by atoms with van der Waals surface area (Å²) in [5.41, 5.74) is 1.94. The highest BCUT2D eigenvalue weighted by Crippen LogP contribution is 2.25. The number of amides is 1. The summed E-state index contributed by atoms with van der Waals surface area (Å²) >= 11 is 1.21. The van der Waals surface area contributed by atoms with Gasteiger partial charge in [0, 0.05) is 13.0 Å². The first-order valence-electron chi connectivity index (χ1n) is 7.15. The Bertz CT molecular complexity index is 754. The monoisotopic (exact) mass is 329 g/mol. The number of carbonyl (C=O) groups excluding carboxylic acids is 3. The second-order valence-electron chi connectivity index (χ2n) is 5.25. The molecule has 0 spiro atoms. The Balaban J connectivity index is 1.93. The fourth-order valence-electron chi connectivity index (χ4n) is 2.73. The molecule has 2 heterocycles. The number of nitrogens with zero attached hydrogens (tertiary/aromatic N) is 1. The first-order valence-corrected chi connectivity index (χ1v) is 8.03. The number of methoxy groups -OCH3 is 1. The van der Waals surface area contributed by atoms with Crippen molar-refractivity contribution in [3.8, 4) is 0 Å². The SMILES string of the molecule is COC(=O)[C@@H]1Cc2ccccc2CN1C(=O)C(=O)c1cccs1. The number of benzene rings is 1. The lowest BCUT2D eigenvalue weighted by Gasteiger charge is -2.34. The summed E-state index contributed by atoms with van der Waals surface area (Å²) in [4.78, 5) is 38.7. The van der Waals surface area contributed by atoms with E-state index in [-0.39, 0.29) is 6.54 Å². The summed E-state index contributed by atoms with van der Waals surface area (Å²) in [5, 5.41) is 1.74. The molecule has 5 nitrogen and oxygen atoms in total. The minimum atomic E-state index is -0.772. The molecule has 1 aliphatic heterocycles. The number of Topliss-reactive ketones (excluding diaryl/α,β-unsaturated/α-hetero) is 1. The molecule has 1 amide bonds. The first kappa shape index (κ1) is 15.4. The zero-order chi connectivity index (χ0) is 16.4. The van der Waals surface area contributed by atoms with Crippen LogP contribution in [0.5, 0.6) is 0 Å². The van der Waals surface area contributed by atoms with Gasteiger partial charge in [0.2, 0.25) is 0 Å². The molecule has 0 bridgehead atoms. The van der Waals surface area contributed by atoms with Gasteiger partial charge < -0.3 is 9.64 Å². The summed E-state index contributed by atoms with van der Waals surface area (Å²) in [5.74, 6) is -1.77. The van der Waals surface area contributed by atoms with Crippen molar-refractivity contribution >= 4 is 29.0 Å². The van der Waals surface area contributed by atoms with Crippen molar-refractivity contribution in [2.45, 2.75) is 19.0 Å². The standard InChI is InChI=1S/C17H15NO4S/c1-22-17(21)13-9-11-5-2-3-6-12(11)10-18(13)16(20)15(19)14-7-4-8-23-14/h2-8,13H,9-10H2,1H3/t13-/m0/s1. The first-order chi connectivity index (χ1) is 11.1. The Morgan fingerprint density at radius 2 is 1.87 bits per heavy atom. The number of carbonyl (C=O) groups is 3. The Morgan fingerprint density at radius 1 is 1.13 bits per heavy atom. The van der Waals surface area contributed by atoms with Gasteiger partial charge in [-0.15, -0.1) is 11.3 Å². The van der Waals surface area contributed by atoms with Crippen LogP contribution in [-0.2, 0) is 27.3 Å². The molecule has 0 saturated heterocycles. The summed E-state index contributed by atoms with van der Waals surface area (Å²) in [6, 6.07) is 10.1. The van der Waals surface area contributed by atoms with Gasteiger partial charge in [0.15, 0.2) is 0 Å². The van der Waals surface area contributed by atoms with Crippen molar-refractivity contribution in [1.29, 1.82) is 0 Å². The third kappa shape index (κ3) is 2.90. The normalized spacial score (nSPS) is 16.6. The number of ether oxygens (including phenoxy) is 1. The van der Waals surface area contributed by atoms with Gasteiger partial charge in [0.1, 0.15) is 6.04 Å². The number of hydrogen-bond donors (Lipinski definition) is 0. The van der Waals surface area contributed by atoms with Crippen LogP contribution in [0.15, 0.2) is 41.8 Å². The molecule has 1 aliphatic rings. The molecule has 1 atom stereocenters. The van der Waals surface area contributed by atoms with Gasteiger partial charge in [-0.25, -0.2) is 4.79 Å². The van der Waals surface area contributed by atoms with Gasteiger partial charge in [0.25, 0.3) is 11.7 Å². The van der Waals surface area contributed by atoms with E-state index in [0.717, 1.165) is 11.1 Å². The van der Waals surface area contributed by atoms with Gasteiger partial charge in [-0.05, 0) is 22.6 Å². The van der Waals surface area contributed by atoms with Crippen molar-refractivity contribution in [3.63, 3.8) is 0 Å². The molecule has 0 saturated carbocycles. The number of esters is 1. The quantitative estimate of drug-likeness (QED) is 0.491. The summed E-state index contributed by atoms with van der Waals surface area (Å²) < 4.78 is 4.81. The Labute approximate surface area is 137 Å². The second-order valence-corrected chi connectivity index (χ2v) is 6.20. The maximum absolute atomic E-state index is 12.6. The molecule has 1 aromatic carbocycles. The molecule has 2 aromatic rings. The molecule has 3 rings (SSSR count). The van der Waals surface area contributed by atoms with Crippen LogP contribution in [0.2, 0.25) is 0 Å². The predicted molar refractivity (Wildman–Crippen MR) is 85.1 cm³/mol. The van der Waals surface area contributed by atoms with E-state index >= 15 is 0 Å². The van der Waals surface area contributed by atoms with E-state index in [4.69, 9.17) is 4.74 Å². The molecule has 118 valence electrons. The highest BCUT2D eigenvalue weighted by atomic mass is 32.1. The summed E-state index contributed by atoms with van der Waals surface area (Å²) in [6.07, 6.45) is 0.353. The van der Waals surface area contributed by atoms with E-state index in [2.05, 4.69) is 0 Å². The predicted octanol–water partition coefficient (Wildman–Crippen LogP) is 2.06. The topological polar surface area (TPSA) is 63.7 Å². The fraction of sp³-hybridized carbons (Fsp3) is 0.235. The summed E-state index contributed by atoms with van der Waals surface area (Å²) in [6.45, 7) is 0.228. The van der Waals surface area contributed by atoms with E-state index in [1.807, 2.05) is 24.3 Å². The van der Waals surface area contributed by atoms with Crippen LogP contribution >= 0.6 is 11.3 Å². The lowest BCUT2D eigenvalue weighted by molar-refractivity contribution is -0.152. The molecule has 0 unspecified atom stereocenters. The van der Waals surface area contributed by atoms with Crippen LogP contribution < -0.4 is 0 Å². The fourth-order valence-corrected chi connectivity index (χ4v) is 3.38. The molecular formula is C17H15NO4S. The van der Waals surface area contributed by atoms with Crippen molar-refractivity contribution in [2.24, 2.45) is 0 Å². The molecule has 0 fully saturated rings. The molecule has 0 N–H and O–H groups in total. The third-order valence-corrected chi connectivity index (χ3v) is 4.79. The average Bonchev–Trinajstić information content (AvgIpc) is 3.13. The Hall–Kier alpha value is -2.47. The Kier molecular flexibility index (Phi) is 4.25. The van der Waals surface area contributed by atoms with Gasteiger partial charge in [-0.2, -0.15) is 0 Å². The molecular weight excluding hydrogens is 314 g/mol. The highest BCUT2D eigenvalue weighted by Gasteiger charge is 2.38. The maximum Gasteiger partial charge on any atom is 0.328 e. The zero-order valence-electron chi connectivity index (χ0n) is 12.5. The number of hydrogen-bond acceptors (Lipinski definition) is 5. The lowest BCUT2D eigenvalue weighted by Crippen LogP contribution is -2.51. The van der Waals surface area contributed by atoms with Gasteiger partial charge in [-0.1, -0.05) is 30.3 Å².